The Kier molecular flexibility index (Phi) is 4.13. The van der Waals surface area contributed by atoms with Crippen LogP contribution in [-0.4, -0.2) is 17.5 Å². The van der Waals surface area contributed by atoms with Crippen LogP contribution in [0.5, 0.6) is 5.75 Å². The maximum atomic E-state index is 11.0. The van der Waals surface area contributed by atoms with Gasteiger partial charge in [0.05, 0.1) is 6.61 Å². The van der Waals surface area contributed by atoms with Gasteiger partial charge >= 0.3 is 0 Å². The Bertz CT molecular complexity index is 307. The van der Waals surface area contributed by atoms with E-state index in [2.05, 4.69) is 0 Å². The Hall–Kier alpha value is -1.35. The van der Waals surface area contributed by atoms with Crippen LogP contribution in [0, 0.1) is 0 Å². The van der Waals surface area contributed by atoms with Gasteiger partial charge in [-0.05, 0) is 6.07 Å². The summed E-state index contributed by atoms with van der Waals surface area (Å²) in [6.07, 6.45) is 0.474. The largest absolute Gasteiger partial charge is 0.485 e. The van der Waals surface area contributed by atoms with Crippen molar-refractivity contribution >= 4 is 5.78 Å². The standard InChI is InChI=1S/C11H14O3/c1-2-10(13)8-14-11-6-4-3-5-9(11)7-12/h3-6,12H,2,7-8H2,1H3. The fourth-order valence-corrected chi connectivity index (χ4v) is 1.04. The minimum atomic E-state index is -0.0729. The molecule has 0 saturated carbocycles. The number of para-hydroxylation sites is 1. The molecule has 76 valence electrons. The molecule has 1 rings (SSSR count). The summed E-state index contributed by atoms with van der Waals surface area (Å²) in [5.41, 5.74) is 0.705. The summed E-state index contributed by atoms with van der Waals surface area (Å²) in [5, 5.41) is 8.98. The van der Waals surface area contributed by atoms with Crippen molar-refractivity contribution < 1.29 is 14.6 Å². The highest BCUT2D eigenvalue weighted by atomic mass is 16.5. The Balaban J connectivity index is 2.61. The van der Waals surface area contributed by atoms with Gasteiger partial charge in [0, 0.05) is 12.0 Å². The van der Waals surface area contributed by atoms with Crippen molar-refractivity contribution in [3.63, 3.8) is 0 Å². The van der Waals surface area contributed by atoms with Crippen LogP contribution in [-0.2, 0) is 11.4 Å². The maximum absolute atomic E-state index is 11.0. The van der Waals surface area contributed by atoms with E-state index in [1.54, 1.807) is 19.1 Å². The fraction of sp³-hybridized carbons (Fsp3) is 0.364. The van der Waals surface area contributed by atoms with E-state index < -0.39 is 0 Å². The van der Waals surface area contributed by atoms with Crippen LogP contribution in [0.3, 0.4) is 0 Å². The minimum absolute atomic E-state index is 0.0535. The molecule has 0 aliphatic carbocycles. The molecule has 0 fully saturated rings. The summed E-state index contributed by atoms with van der Waals surface area (Å²) in [7, 11) is 0. The highest BCUT2D eigenvalue weighted by Gasteiger charge is 2.03. The van der Waals surface area contributed by atoms with Crippen molar-refractivity contribution in [1.82, 2.24) is 0 Å². The molecular weight excluding hydrogens is 180 g/mol. The van der Waals surface area contributed by atoms with Crippen molar-refractivity contribution in [2.75, 3.05) is 6.61 Å². The zero-order chi connectivity index (χ0) is 10.4. The van der Waals surface area contributed by atoms with E-state index in [0.717, 1.165) is 0 Å². The third-order valence-corrected chi connectivity index (χ3v) is 1.93. The van der Waals surface area contributed by atoms with Gasteiger partial charge < -0.3 is 9.84 Å². The second-order valence-corrected chi connectivity index (χ2v) is 2.95. The first-order valence-corrected chi connectivity index (χ1v) is 4.61. The average molecular weight is 194 g/mol. The number of hydrogen-bond acceptors (Lipinski definition) is 3. The molecule has 0 unspecified atom stereocenters. The third-order valence-electron chi connectivity index (χ3n) is 1.93. The molecule has 0 atom stereocenters. The molecule has 0 aliphatic rings. The highest BCUT2D eigenvalue weighted by molar-refractivity contribution is 5.79. The molecule has 0 spiro atoms. The zero-order valence-electron chi connectivity index (χ0n) is 8.19. The van der Waals surface area contributed by atoms with Crippen LogP contribution in [0.1, 0.15) is 18.9 Å². The maximum Gasteiger partial charge on any atom is 0.169 e. The zero-order valence-corrected chi connectivity index (χ0v) is 8.19. The number of ether oxygens (including phenoxy) is 1. The van der Waals surface area contributed by atoms with E-state index in [9.17, 15) is 4.79 Å². The molecule has 0 aliphatic heterocycles. The Morgan fingerprint density at radius 1 is 1.43 bits per heavy atom. The molecule has 1 N–H and O–H groups in total. The molecule has 1 aromatic carbocycles. The van der Waals surface area contributed by atoms with E-state index in [-0.39, 0.29) is 19.0 Å². The predicted octanol–water partition coefficient (Wildman–Crippen LogP) is 1.54. The van der Waals surface area contributed by atoms with Crippen LogP contribution in [0.15, 0.2) is 24.3 Å². The summed E-state index contributed by atoms with van der Waals surface area (Å²) in [4.78, 5) is 11.0. The summed E-state index contributed by atoms with van der Waals surface area (Å²) in [6.45, 7) is 1.80. The van der Waals surface area contributed by atoms with Gasteiger partial charge in [-0.1, -0.05) is 25.1 Å². The van der Waals surface area contributed by atoms with Gasteiger partial charge in [0.25, 0.3) is 0 Å². The van der Waals surface area contributed by atoms with E-state index in [0.29, 0.717) is 17.7 Å². The van der Waals surface area contributed by atoms with Crippen LogP contribution in [0.25, 0.3) is 0 Å². The first-order valence-electron chi connectivity index (χ1n) is 4.61. The highest BCUT2D eigenvalue weighted by Crippen LogP contribution is 2.17. The molecule has 0 amide bonds. The van der Waals surface area contributed by atoms with E-state index >= 15 is 0 Å². The topological polar surface area (TPSA) is 46.5 Å². The van der Waals surface area contributed by atoms with Gasteiger partial charge in [-0.2, -0.15) is 0 Å². The Morgan fingerprint density at radius 2 is 2.14 bits per heavy atom. The predicted molar refractivity (Wildman–Crippen MR) is 53.2 cm³/mol. The molecule has 0 saturated heterocycles. The van der Waals surface area contributed by atoms with Crippen LogP contribution < -0.4 is 4.74 Å². The van der Waals surface area contributed by atoms with Crippen molar-refractivity contribution in [2.45, 2.75) is 20.0 Å². The van der Waals surface area contributed by atoms with Gasteiger partial charge in [-0.25, -0.2) is 0 Å². The lowest BCUT2D eigenvalue weighted by Gasteiger charge is -2.08. The molecule has 14 heavy (non-hydrogen) atoms. The molecular formula is C11H14O3. The Labute approximate surface area is 83.3 Å². The van der Waals surface area contributed by atoms with E-state index in [4.69, 9.17) is 9.84 Å². The average Bonchev–Trinajstić information content (AvgIpc) is 2.26. The number of ketones is 1. The summed E-state index contributed by atoms with van der Waals surface area (Å²) < 4.78 is 5.27. The number of hydrogen-bond donors (Lipinski definition) is 1. The van der Waals surface area contributed by atoms with E-state index in [1.165, 1.54) is 0 Å². The van der Waals surface area contributed by atoms with Crippen LogP contribution in [0.2, 0.25) is 0 Å². The van der Waals surface area contributed by atoms with Gasteiger partial charge in [0.2, 0.25) is 0 Å². The van der Waals surface area contributed by atoms with Crippen molar-refractivity contribution in [2.24, 2.45) is 0 Å². The van der Waals surface area contributed by atoms with Gasteiger partial charge in [0.1, 0.15) is 12.4 Å². The van der Waals surface area contributed by atoms with Crippen molar-refractivity contribution in [3.8, 4) is 5.75 Å². The number of benzene rings is 1. The summed E-state index contributed by atoms with van der Waals surface area (Å²) in [6, 6.07) is 7.14. The second-order valence-electron chi connectivity index (χ2n) is 2.95. The van der Waals surface area contributed by atoms with Crippen LogP contribution in [0.4, 0.5) is 0 Å². The molecule has 3 heteroatoms. The van der Waals surface area contributed by atoms with E-state index in [1.807, 2.05) is 12.1 Å². The third kappa shape index (κ3) is 2.85. The number of rotatable bonds is 5. The first-order chi connectivity index (χ1) is 6.77. The number of aliphatic hydroxyl groups excluding tert-OH is 1. The monoisotopic (exact) mass is 194 g/mol. The molecule has 0 radical (unpaired) electrons. The summed E-state index contributed by atoms with van der Waals surface area (Å²) >= 11 is 0. The number of aliphatic hydroxyl groups is 1. The molecule has 0 bridgehead atoms. The minimum Gasteiger partial charge on any atom is -0.485 e. The smallest absolute Gasteiger partial charge is 0.169 e. The first kappa shape index (κ1) is 10.7. The normalized spacial score (nSPS) is 9.86. The molecule has 1 aromatic rings. The van der Waals surface area contributed by atoms with Gasteiger partial charge in [-0.3, -0.25) is 4.79 Å². The molecule has 0 heterocycles. The van der Waals surface area contributed by atoms with Gasteiger partial charge in [-0.15, -0.1) is 0 Å². The SMILES string of the molecule is CCC(=O)COc1ccccc1CO. The Morgan fingerprint density at radius 3 is 2.79 bits per heavy atom. The lowest BCUT2D eigenvalue weighted by atomic mass is 10.2. The molecule has 3 nitrogen and oxygen atoms in total. The second kappa shape index (κ2) is 5.40. The molecule has 0 aromatic heterocycles. The summed E-state index contributed by atoms with van der Waals surface area (Å²) in [5.74, 6) is 0.634. The number of Topliss-reactive ketones (excluding diaryl/α,β-unsaturated/α-hetero) is 1. The lowest BCUT2D eigenvalue weighted by Crippen LogP contribution is -2.10. The van der Waals surface area contributed by atoms with Gasteiger partial charge in [0.15, 0.2) is 5.78 Å². The van der Waals surface area contributed by atoms with Crippen molar-refractivity contribution in [1.29, 1.82) is 0 Å². The fourth-order valence-electron chi connectivity index (χ4n) is 1.04. The number of carbonyl (C=O) groups is 1. The van der Waals surface area contributed by atoms with Crippen LogP contribution >= 0.6 is 0 Å². The lowest BCUT2D eigenvalue weighted by molar-refractivity contribution is -0.120. The van der Waals surface area contributed by atoms with Crippen molar-refractivity contribution in [3.05, 3.63) is 29.8 Å². The number of carbonyl (C=O) groups excluding carboxylic acids is 1. The quantitative estimate of drug-likeness (QED) is 0.773.